The van der Waals surface area contributed by atoms with Crippen LogP contribution in [0.1, 0.15) is 13.8 Å². The summed E-state index contributed by atoms with van der Waals surface area (Å²) in [5, 5.41) is 12.6. The van der Waals surface area contributed by atoms with Crippen molar-refractivity contribution in [3.05, 3.63) is 18.2 Å². The van der Waals surface area contributed by atoms with Crippen molar-refractivity contribution in [1.82, 2.24) is 4.98 Å². The lowest BCUT2D eigenvalue weighted by Crippen LogP contribution is -2.24. The number of aliphatic hydroxyl groups is 1. The van der Waals surface area contributed by atoms with E-state index in [2.05, 4.69) is 10.3 Å². The first-order chi connectivity index (χ1) is 8.08. The van der Waals surface area contributed by atoms with Gasteiger partial charge in [-0.2, -0.15) is 4.98 Å². The van der Waals surface area contributed by atoms with Crippen LogP contribution < -0.4 is 11.1 Å². The van der Waals surface area contributed by atoms with Crippen LogP contribution in [0.15, 0.2) is 22.6 Å². The number of anilines is 2. The monoisotopic (exact) mass is 235 g/mol. The minimum Gasteiger partial charge on any atom is -0.423 e. The molecule has 92 valence electrons. The molecule has 4 N–H and O–H groups in total. The highest BCUT2D eigenvalue weighted by Crippen LogP contribution is 2.23. The number of nitrogens with two attached hydrogens (primary N) is 1. The minimum atomic E-state index is -0.428. The SMILES string of the molecule is CC(C)C(O)CNc1nc2c(N)cccc2o1. The number of aliphatic hydroxyl groups excluding tert-OH is 1. The molecule has 0 radical (unpaired) electrons. The van der Waals surface area contributed by atoms with Gasteiger partial charge in [-0.25, -0.2) is 0 Å². The molecule has 1 aromatic carbocycles. The Morgan fingerprint density at radius 3 is 2.88 bits per heavy atom. The number of nitrogens with zero attached hydrogens (tertiary/aromatic N) is 1. The van der Waals surface area contributed by atoms with Gasteiger partial charge in [0.1, 0.15) is 5.52 Å². The Kier molecular flexibility index (Phi) is 3.19. The Labute approximate surface area is 99.6 Å². The van der Waals surface area contributed by atoms with Crippen molar-refractivity contribution in [2.75, 3.05) is 17.6 Å². The van der Waals surface area contributed by atoms with E-state index in [4.69, 9.17) is 10.2 Å². The van der Waals surface area contributed by atoms with Crippen molar-refractivity contribution in [2.45, 2.75) is 20.0 Å². The molecule has 1 atom stereocenters. The molecule has 0 spiro atoms. The first-order valence-electron chi connectivity index (χ1n) is 5.65. The zero-order valence-electron chi connectivity index (χ0n) is 9.97. The van der Waals surface area contributed by atoms with Crippen LogP contribution in [0, 0.1) is 5.92 Å². The zero-order chi connectivity index (χ0) is 12.4. The van der Waals surface area contributed by atoms with Gasteiger partial charge in [0.25, 0.3) is 6.01 Å². The number of oxazole rings is 1. The number of nitrogen functional groups attached to an aromatic ring is 1. The standard InChI is InChI=1S/C12H17N3O2/c1-7(2)9(16)6-14-12-15-11-8(13)4-3-5-10(11)17-12/h3-5,7,9,16H,6,13H2,1-2H3,(H,14,15). The van der Waals surface area contributed by atoms with Crippen molar-refractivity contribution in [1.29, 1.82) is 0 Å². The summed E-state index contributed by atoms with van der Waals surface area (Å²) in [5.41, 5.74) is 7.65. The molecule has 0 aliphatic rings. The third kappa shape index (κ3) is 2.50. The van der Waals surface area contributed by atoms with Gasteiger partial charge in [-0.3, -0.25) is 0 Å². The number of benzene rings is 1. The quantitative estimate of drug-likeness (QED) is 0.704. The normalized spacial score (nSPS) is 13.2. The number of para-hydroxylation sites is 1. The summed E-state index contributed by atoms with van der Waals surface area (Å²) in [6.45, 7) is 4.32. The number of aromatic nitrogens is 1. The van der Waals surface area contributed by atoms with Gasteiger partial charge in [0.05, 0.1) is 11.8 Å². The van der Waals surface area contributed by atoms with E-state index in [1.165, 1.54) is 0 Å². The van der Waals surface area contributed by atoms with Gasteiger partial charge < -0.3 is 20.6 Å². The fourth-order valence-electron chi connectivity index (χ4n) is 1.47. The summed E-state index contributed by atoms with van der Waals surface area (Å²) in [5.74, 6) is 0.192. The average Bonchev–Trinajstić information content (AvgIpc) is 2.70. The molecule has 0 amide bonds. The highest BCUT2D eigenvalue weighted by atomic mass is 16.4. The maximum absolute atomic E-state index is 9.66. The van der Waals surface area contributed by atoms with Gasteiger partial charge in [0.15, 0.2) is 5.58 Å². The third-order valence-corrected chi connectivity index (χ3v) is 2.68. The summed E-state index contributed by atoms with van der Waals surface area (Å²) >= 11 is 0. The predicted octanol–water partition coefficient (Wildman–Crippen LogP) is 1.84. The molecule has 17 heavy (non-hydrogen) atoms. The maximum atomic E-state index is 9.66. The Morgan fingerprint density at radius 1 is 1.47 bits per heavy atom. The molecule has 0 bridgehead atoms. The zero-order valence-corrected chi connectivity index (χ0v) is 9.97. The first kappa shape index (κ1) is 11.7. The van der Waals surface area contributed by atoms with Crippen LogP contribution >= 0.6 is 0 Å². The van der Waals surface area contributed by atoms with Crippen molar-refractivity contribution in [3.63, 3.8) is 0 Å². The third-order valence-electron chi connectivity index (χ3n) is 2.68. The molecule has 5 nitrogen and oxygen atoms in total. The Bertz CT molecular complexity index is 507. The molecule has 5 heteroatoms. The van der Waals surface area contributed by atoms with Crippen LogP contribution in [-0.4, -0.2) is 22.7 Å². The average molecular weight is 235 g/mol. The van der Waals surface area contributed by atoms with Crippen LogP contribution in [0.3, 0.4) is 0 Å². The van der Waals surface area contributed by atoms with E-state index < -0.39 is 6.10 Å². The van der Waals surface area contributed by atoms with Gasteiger partial charge in [-0.15, -0.1) is 0 Å². The summed E-state index contributed by atoms with van der Waals surface area (Å²) in [6.07, 6.45) is -0.428. The van der Waals surface area contributed by atoms with Gasteiger partial charge in [0, 0.05) is 6.54 Å². The first-order valence-corrected chi connectivity index (χ1v) is 5.65. The number of hydrogen-bond donors (Lipinski definition) is 3. The molecule has 0 saturated carbocycles. The van der Waals surface area contributed by atoms with E-state index in [9.17, 15) is 5.11 Å². The second kappa shape index (κ2) is 4.63. The van der Waals surface area contributed by atoms with E-state index in [-0.39, 0.29) is 5.92 Å². The van der Waals surface area contributed by atoms with Crippen LogP contribution in [0.2, 0.25) is 0 Å². The van der Waals surface area contributed by atoms with E-state index in [0.29, 0.717) is 29.3 Å². The number of rotatable bonds is 4. The summed E-state index contributed by atoms with van der Waals surface area (Å²) in [7, 11) is 0. The molecule has 0 aliphatic heterocycles. The molecule has 1 unspecified atom stereocenters. The van der Waals surface area contributed by atoms with Crippen LogP contribution in [-0.2, 0) is 0 Å². The topological polar surface area (TPSA) is 84.3 Å². The highest BCUT2D eigenvalue weighted by Gasteiger charge is 2.12. The van der Waals surface area contributed by atoms with Gasteiger partial charge >= 0.3 is 0 Å². The molecular weight excluding hydrogens is 218 g/mol. The molecule has 1 heterocycles. The lowest BCUT2D eigenvalue weighted by Gasteiger charge is -2.13. The van der Waals surface area contributed by atoms with Crippen LogP contribution in [0.4, 0.5) is 11.7 Å². The van der Waals surface area contributed by atoms with E-state index in [0.717, 1.165) is 0 Å². The number of hydrogen-bond acceptors (Lipinski definition) is 5. The molecule has 1 aromatic heterocycles. The smallest absolute Gasteiger partial charge is 0.295 e. The second-order valence-corrected chi connectivity index (χ2v) is 4.41. The van der Waals surface area contributed by atoms with Crippen molar-refractivity contribution in [3.8, 4) is 0 Å². The fraction of sp³-hybridized carbons (Fsp3) is 0.417. The van der Waals surface area contributed by atoms with E-state index in [1.54, 1.807) is 6.07 Å². The van der Waals surface area contributed by atoms with Gasteiger partial charge in [-0.05, 0) is 18.1 Å². The lowest BCUT2D eigenvalue weighted by molar-refractivity contribution is 0.137. The maximum Gasteiger partial charge on any atom is 0.295 e. The van der Waals surface area contributed by atoms with Gasteiger partial charge in [0.2, 0.25) is 0 Å². The van der Waals surface area contributed by atoms with Crippen molar-refractivity contribution < 1.29 is 9.52 Å². The lowest BCUT2D eigenvalue weighted by atomic mass is 10.1. The Morgan fingerprint density at radius 2 is 2.24 bits per heavy atom. The van der Waals surface area contributed by atoms with E-state index >= 15 is 0 Å². The second-order valence-electron chi connectivity index (χ2n) is 4.41. The van der Waals surface area contributed by atoms with E-state index in [1.807, 2.05) is 26.0 Å². The summed E-state index contributed by atoms with van der Waals surface area (Å²) < 4.78 is 5.47. The van der Waals surface area contributed by atoms with Crippen molar-refractivity contribution >= 4 is 22.8 Å². The fourth-order valence-corrected chi connectivity index (χ4v) is 1.47. The van der Waals surface area contributed by atoms with Crippen LogP contribution in [0.5, 0.6) is 0 Å². The summed E-state index contributed by atoms with van der Waals surface area (Å²) in [6, 6.07) is 5.79. The molecule has 0 saturated heterocycles. The molecule has 0 aliphatic carbocycles. The largest absolute Gasteiger partial charge is 0.423 e. The van der Waals surface area contributed by atoms with Gasteiger partial charge in [-0.1, -0.05) is 19.9 Å². The highest BCUT2D eigenvalue weighted by molar-refractivity contribution is 5.86. The molecule has 2 aromatic rings. The number of nitrogens with one attached hydrogen (secondary N) is 1. The van der Waals surface area contributed by atoms with Crippen molar-refractivity contribution in [2.24, 2.45) is 5.92 Å². The minimum absolute atomic E-state index is 0.192. The number of fused-ring (bicyclic) bond motifs is 1. The Hall–Kier alpha value is -1.75. The molecule has 0 fully saturated rings. The Balaban J connectivity index is 2.12. The van der Waals surface area contributed by atoms with Crippen LogP contribution in [0.25, 0.3) is 11.1 Å². The molecule has 2 rings (SSSR count). The predicted molar refractivity (Wildman–Crippen MR) is 67.8 cm³/mol. The summed E-state index contributed by atoms with van der Waals surface area (Å²) in [4.78, 5) is 4.23. The molecular formula is C12H17N3O2.